The summed E-state index contributed by atoms with van der Waals surface area (Å²) in [7, 11) is -6.00. The van der Waals surface area contributed by atoms with E-state index in [0.717, 1.165) is 0 Å². The maximum atomic E-state index is 9.75. The molecule has 0 amide bonds. The van der Waals surface area contributed by atoms with Crippen LogP contribution >= 0.6 is 0 Å². The number of rotatable bonds is 0. The van der Waals surface area contributed by atoms with Crippen molar-refractivity contribution in [3.63, 3.8) is 0 Å². The molecular formula is AgBF4O-. The van der Waals surface area contributed by atoms with Gasteiger partial charge in [0.15, 0.2) is 0 Å². The molecule has 0 unspecified atom stereocenters. The van der Waals surface area contributed by atoms with Crippen LogP contribution in [0.4, 0.5) is 17.3 Å². The van der Waals surface area contributed by atoms with Gasteiger partial charge >= 0.3 is 31.5 Å². The Morgan fingerprint density at radius 3 is 1.00 bits per heavy atom. The third kappa shape index (κ3) is 1120. The fourth-order valence-electron chi connectivity index (χ4n) is 0. The fraction of sp³-hybridized carbons (Fsp3) is 0. The quantitative estimate of drug-likeness (QED) is 0.434. The number of hydrogen-bond acceptors (Lipinski definition) is 1. The normalized spacial score (nSPS) is 9.43. The zero-order valence-corrected chi connectivity index (χ0v) is 4.28. The van der Waals surface area contributed by atoms with Crippen LogP contribution in [0.2, 0.25) is 0 Å². The molecule has 0 radical (unpaired) electrons. The molecule has 7 heteroatoms. The van der Waals surface area contributed by atoms with E-state index < -0.39 is 7.25 Å². The van der Waals surface area contributed by atoms with E-state index >= 15 is 0 Å². The SMILES string of the molecule is F[B-](F)(F)F.[O]=[Ag]. The van der Waals surface area contributed by atoms with Gasteiger partial charge in [-0.05, 0) is 0 Å². The number of hydrogen-bond donors (Lipinski definition) is 0. The van der Waals surface area contributed by atoms with Crippen molar-refractivity contribution in [2.24, 2.45) is 0 Å². The molecule has 0 saturated heterocycles. The Morgan fingerprint density at radius 2 is 1.00 bits per heavy atom. The summed E-state index contributed by atoms with van der Waals surface area (Å²) < 4.78 is 47.1. The predicted molar refractivity (Wildman–Crippen MR) is 10.9 cm³/mol. The van der Waals surface area contributed by atoms with Crippen molar-refractivity contribution in [3.8, 4) is 0 Å². The third-order valence-corrected chi connectivity index (χ3v) is 0. The molecule has 0 N–H and O–H groups in total. The average Bonchev–Trinajstić information content (AvgIpc) is 1.36. The first-order chi connectivity index (χ1) is 3.00. The Kier molecular flexibility index (Phi) is 6.62. The van der Waals surface area contributed by atoms with Crippen LogP contribution in [0.15, 0.2) is 0 Å². The van der Waals surface area contributed by atoms with Crippen molar-refractivity contribution in [2.45, 2.75) is 0 Å². The molecule has 0 heterocycles. The second-order valence-corrected chi connectivity index (χ2v) is 0.495. The third-order valence-electron chi connectivity index (χ3n) is 0. The molecule has 0 aliphatic heterocycles. The van der Waals surface area contributed by atoms with Gasteiger partial charge in [-0.15, -0.1) is 0 Å². The van der Waals surface area contributed by atoms with Gasteiger partial charge in [-0.2, -0.15) is 0 Å². The molecule has 0 rings (SSSR count). The van der Waals surface area contributed by atoms with Crippen molar-refractivity contribution < 1.29 is 41.6 Å². The second kappa shape index (κ2) is 4.48. The summed E-state index contributed by atoms with van der Waals surface area (Å²) in [6.07, 6.45) is 0. The fourth-order valence-corrected chi connectivity index (χ4v) is 0. The molecule has 7 heavy (non-hydrogen) atoms. The summed E-state index contributed by atoms with van der Waals surface area (Å²) in [6.45, 7) is 0. The molecule has 0 aromatic heterocycles. The van der Waals surface area contributed by atoms with E-state index in [2.05, 4.69) is 0 Å². The Bertz CT molecular complexity index is 35.4. The molecule has 0 aromatic rings. The van der Waals surface area contributed by atoms with Crippen LogP contribution in [-0.4, -0.2) is 7.25 Å². The molecular weight excluding hydrogens is 211 g/mol. The van der Waals surface area contributed by atoms with Crippen molar-refractivity contribution in [2.75, 3.05) is 0 Å². The Labute approximate surface area is 49.4 Å². The zero-order valence-electron chi connectivity index (χ0n) is 2.80. The van der Waals surface area contributed by atoms with E-state index in [0.29, 0.717) is 0 Å². The van der Waals surface area contributed by atoms with Gasteiger partial charge in [0.05, 0.1) is 0 Å². The molecule has 1 nitrogen and oxygen atoms in total. The Hall–Kier alpha value is 0.325. The summed E-state index contributed by atoms with van der Waals surface area (Å²) in [5, 5.41) is 0. The second-order valence-electron chi connectivity index (χ2n) is 0.495. The number of halogens is 4. The van der Waals surface area contributed by atoms with Gasteiger partial charge in [-0.3, -0.25) is 0 Å². The Balaban J connectivity index is 0. The molecule has 0 bridgehead atoms. The van der Waals surface area contributed by atoms with Crippen molar-refractivity contribution in [1.29, 1.82) is 0 Å². The van der Waals surface area contributed by atoms with E-state index in [1.54, 1.807) is 21.0 Å². The summed E-state index contributed by atoms with van der Waals surface area (Å²) >= 11 is 1.70. The summed E-state index contributed by atoms with van der Waals surface area (Å²) in [6, 6.07) is 0. The average molecular weight is 211 g/mol. The monoisotopic (exact) mass is 210 g/mol. The molecule has 0 aliphatic carbocycles. The van der Waals surface area contributed by atoms with Crippen LogP contribution in [0.1, 0.15) is 0 Å². The standard InChI is InChI=1S/Ag.BF4.O/c;2-1(3,4)5;/q;-1;. The van der Waals surface area contributed by atoms with Crippen LogP contribution in [0.5, 0.6) is 0 Å². The summed E-state index contributed by atoms with van der Waals surface area (Å²) in [4.78, 5) is 0. The van der Waals surface area contributed by atoms with Gasteiger partial charge in [-0.25, -0.2) is 0 Å². The van der Waals surface area contributed by atoms with Crippen LogP contribution in [-0.2, 0) is 24.3 Å². The van der Waals surface area contributed by atoms with E-state index in [-0.39, 0.29) is 0 Å². The van der Waals surface area contributed by atoms with Gasteiger partial charge in [0.2, 0.25) is 0 Å². The van der Waals surface area contributed by atoms with Gasteiger partial charge in [0, 0.05) is 0 Å². The van der Waals surface area contributed by atoms with E-state index in [1.165, 1.54) is 0 Å². The van der Waals surface area contributed by atoms with Crippen LogP contribution in [0, 0.1) is 0 Å². The van der Waals surface area contributed by atoms with E-state index in [9.17, 15) is 17.3 Å². The topological polar surface area (TPSA) is 17.1 Å². The molecule has 0 saturated carbocycles. The molecule has 0 fully saturated rings. The van der Waals surface area contributed by atoms with Gasteiger partial charge in [-0.1, -0.05) is 0 Å². The minimum atomic E-state index is -6.00. The van der Waals surface area contributed by atoms with Crippen molar-refractivity contribution >= 4 is 7.25 Å². The van der Waals surface area contributed by atoms with Crippen LogP contribution in [0.3, 0.4) is 0 Å². The first-order valence-corrected chi connectivity index (χ1v) is 1.60. The summed E-state index contributed by atoms with van der Waals surface area (Å²) in [5.74, 6) is 0. The zero-order chi connectivity index (χ0) is 6.50. The first-order valence-electron chi connectivity index (χ1n) is 0.996. The maximum absolute atomic E-state index is 9.75. The Morgan fingerprint density at radius 1 is 1.00 bits per heavy atom. The first kappa shape index (κ1) is 10.3. The molecule has 0 aromatic carbocycles. The minimum absolute atomic E-state index is 1.70. The molecule has 0 spiro atoms. The van der Waals surface area contributed by atoms with Gasteiger partial charge in [0.1, 0.15) is 0 Å². The van der Waals surface area contributed by atoms with Crippen LogP contribution < -0.4 is 0 Å². The van der Waals surface area contributed by atoms with E-state index in [1.807, 2.05) is 0 Å². The van der Waals surface area contributed by atoms with Gasteiger partial charge < -0.3 is 17.3 Å². The van der Waals surface area contributed by atoms with Gasteiger partial charge in [0.25, 0.3) is 0 Å². The molecule has 0 aliphatic rings. The summed E-state index contributed by atoms with van der Waals surface area (Å²) in [5.41, 5.74) is 0. The molecule has 49 valence electrons. The van der Waals surface area contributed by atoms with Crippen molar-refractivity contribution in [3.05, 3.63) is 0 Å². The van der Waals surface area contributed by atoms with E-state index in [4.69, 9.17) is 3.25 Å². The van der Waals surface area contributed by atoms with Crippen LogP contribution in [0.25, 0.3) is 0 Å². The van der Waals surface area contributed by atoms with Crippen molar-refractivity contribution in [1.82, 2.24) is 0 Å². The molecule has 0 atom stereocenters. The predicted octanol–water partition coefficient (Wildman–Crippen LogP) is 1.18.